The number of nitrogens with zero attached hydrogens (tertiary/aromatic N) is 2. The van der Waals surface area contributed by atoms with Crippen LogP contribution in [0.15, 0.2) is 53.3 Å². The second-order valence-corrected chi connectivity index (χ2v) is 5.87. The van der Waals surface area contributed by atoms with Crippen LogP contribution < -0.4 is 15.6 Å². The summed E-state index contributed by atoms with van der Waals surface area (Å²) >= 11 is 0. The summed E-state index contributed by atoms with van der Waals surface area (Å²) in [5.41, 5.74) is 2.34. The van der Waals surface area contributed by atoms with E-state index in [-0.39, 0.29) is 24.4 Å². The van der Waals surface area contributed by atoms with E-state index in [0.717, 1.165) is 11.0 Å². The van der Waals surface area contributed by atoms with Gasteiger partial charge in [0.1, 0.15) is 11.4 Å². The van der Waals surface area contributed by atoms with Crippen LogP contribution >= 0.6 is 0 Å². The van der Waals surface area contributed by atoms with Crippen molar-refractivity contribution in [3.8, 4) is 5.75 Å². The molecule has 3 rings (SSSR count). The topological polar surface area (TPSA) is 73.2 Å². The minimum absolute atomic E-state index is 0.174. The Kier molecular flexibility index (Phi) is 5.31. The first-order chi connectivity index (χ1) is 12.6. The maximum atomic E-state index is 12.4. The highest BCUT2D eigenvalue weighted by molar-refractivity contribution is 5.92. The fourth-order valence-corrected chi connectivity index (χ4v) is 2.82. The van der Waals surface area contributed by atoms with Crippen molar-refractivity contribution < 1.29 is 9.53 Å². The fraction of sp³-hybridized carbons (Fsp3) is 0.250. The highest BCUT2D eigenvalue weighted by Gasteiger charge is 2.11. The molecule has 0 aliphatic rings. The minimum atomic E-state index is -0.178. The summed E-state index contributed by atoms with van der Waals surface area (Å²) in [6, 6.07) is 14.7. The molecule has 6 heteroatoms. The number of ether oxygens (including phenoxy) is 1. The number of hydrogen-bond donors (Lipinski definition) is 1. The Balaban J connectivity index is 1.78. The molecule has 26 heavy (non-hydrogen) atoms. The molecule has 2 aromatic carbocycles. The van der Waals surface area contributed by atoms with E-state index in [1.54, 1.807) is 17.6 Å². The predicted molar refractivity (Wildman–Crippen MR) is 102 cm³/mol. The normalized spacial score (nSPS) is 10.7. The number of carbonyl (C=O) groups excluding carboxylic acids is 1. The summed E-state index contributed by atoms with van der Waals surface area (Å²) in [7, 11) is 0. The number of aryl methyl sites for hydroxylation is 2. The van der Waals surface area contributed by atoms with Gasteiger partial charge in [-0.1, -0.05) is 24.3 Å². The van der Waals surface area contributed by atoms with Gasteiger partial charge in [0.15, 0.2) is 0 Å². The monoisotopic (exact) mass is 351 g/mol. The quantitative estimate of drug-likeness (QED) is 0.740. The second-order valence-electron chi connectivity index (χ2n) is 5.87. The van der Waals surface area contributed by atoms with Gasteiger partial charge < -0.3 is 14.6 Å². The fourth-order valence-electron chi connectivity index (χ4n) is 2.82. The molecule has 0 spiro atoms. The molecule has 1 aromatic heterocycles. The number of aromatic nitrogens is 2. The van der Waals surface area contributed by atoms with Crippen molar-refractivity contribution in [1.29, 1.82) is 0 Å². The van der Waals surface area contributed by atoms with Crippen LogP contribution in [0, 0.1) is 6.92 Å². The minimum Gasteiger partial charge on any atom is -0.492 e. The molecule has 0 radical (unpaired) electrons. The number of fused-ring (bicyclic) bond motifs is 1. The Morgan fingerprint density at radius 2 is 1.88 bits per heavy atom. The van der Waals surface area contributed by atoms with Gasteiger partial charge in [-0.15, -0.1) is 0 Å². The Morgan fingerprint density at radius 3 is 2.69 bits per heavy atom. The average molecular weight is 351 g/mol. The van der Waals surface area contributed by atoms with Crippen LogP contribution in [0.3, 0.4) is 0 Å². The molecule has 3 aromatic rings. The summed E-state index contributed by atoms with van der Waals surface area (Å²) in [5.74, 6) is 0.452. The molecule has 0 saturated heterocycles. The number of benzene rings is 2. The molecular formula is C20H21N3O3. The Hall–Kier alpha value is -3.15. The van der Waals surface area contributed by atoms with Gasteiger partial charge in [0.25, 0.3) is 5.56 Å². The van der Waals surface area contributed by atoms with E-state index in [4.69, 9.17) is 4.74 Å². The molecule has 0 fully saturated rings. The van der Waals surface area contributed by atoms with Gasteiger partial charge in [-0.2, -0.15) is 0 Å². The lowest BCUT2D eigenvalue weighted by atomic mass is 10.2. The van der Waals surface area contributed by atoms with Crippen LogP contribution in [-0.4, -0.2) is 22.1 Å². The van der Waals surface area contributed by atoms with Crippen LogP contribution in [-0.2, 0) is 11.3 Å². The number of amides is 1. The Bertz CT molecular complexity index is 995. The van der Waals surface area contributed by atoms with Crippen molar-refractivity contribution in [2.45, 2.75) is 26.8 Å². The molecule has 0 aliphatic carbocycles. The van der Waals surface area contributed by atoms with Gasteiger partial charge in [-0.3, -0.25) is 9.59 Å². The predicted octanol–water partition coefficient (Wildman–Crippen LogP) is 3.13. The lowest BCUT2D eigenvalue weighted by Crippen LogP contribution is -2.26. The van der Waals surface area contributed by atoms with Gasteiger partial charge in [0.05, 0.1) is 23.3 Å². The number of para-hydroxylation sites is 4. The van der Waals surface area contributed by atoms with Gasteiger partial charge in [0, 0.05) is 13.0 Å². The Labute approximate surface area is 151 Å². The van der Waals surface area contributed by atoms with E-state index in [2.05, 4.69) is 10.3 Å². The van der Waals surface area contributed by atoms with Crippen LogP contribution in [0.5, 0.6) is 5.75 Å². The third-order valence-electron chi connectivity index (χ3n) is 4.04. The second kappa shape index (κ2) is 7.82. The van der Waals surface area contributed by atoms with Crippen LogP contribution in [0.25, 0.3) is 11.0 Å². The molecule has 1 amide bonds. The van der Waals surface area contributed by atoms with Crippen molar-refractivity contribution in [3.05, 3.63) is 64.6 Å². The number of nitrogens with one attached hydrogen (secondary N) is 1. The maximum absolute atomic E-state index is 12.4. The number of carbonyl (C=O) groups is 1. The van der Waals surface area contributed by atoms with Crippen molar-refractivity contribution in [2.75, 3.05) is 11.9 Å². The zero-order chi connectivity index (χ0) is 18.5. The van der Waals surface area contributed by atoms with Crippen LogP contribution in [0.2, 0.25) is 0 Å². The first-order valence-electron chi connectivity index (χ1n) is 8.58. The lowest BCUT2D eigenvalue weighted by Gasteiger charge is -2.13. The standard InChI is InChI=1S/C20H21N3O3/c1-3-26-18-11-7-5-9-16(18)22-19(24)12-13-23-17-10-6-4-8-15(17)21-14(2)20(23)25/h4-11H,3,12-13H2,1-2H3,(H,22,24). The zero-order valence-electron chi connectivity index (χ0n) is 14.9. The van der Waals surface area contributed by atoms with Crippen LogP contribution in [0.4, 0.5) is 5.69 Å². The van der Waals surface area contributed by atoms with Gasteiger partial charge in [0.2, 0.25) is 5.91 Å². The van der Waals surface area contributed by atoms with Crippen molar-refractivity contribution in [2.24, 2.45) is 0 Å². The summed E-state index contributed by atoms with van der Waals surface area (Å²) < 4.78 is 7.12. The lowest BCUT2D eigenvalue weighted by molar-refractivity contribution is -0.116. The smallest absolute Gasteiger partial charge is 0.272 e. The molecule has 0 aliphatic heterocycles. The van der Waals surface area contributed by atoms with Gasteiger partial charge in [-0.25, -0.2) is 4.98 Å². The molecule has 6 nitrogen and oxygen atoms in total. The summed E-state index contributed by atoms with van der Waals surface area (Å²) in [5, 5.41) is 2.85. The zero-order valence-corrected chi connectivity index (χ0v) is 14.9. The molecule has 0 bridgehead atoms. The van der Waals surface area contributed by atoms with E-state index < -0.39 is 0 Å². The highest BCUT2D eigenvalue weighted by Crippen LogP contribution is 2.23. The Morgan fingerprint density at radius 1 is 1.15 bits per heavy atom. The average Bonchev–Trinajstić information content (AvgIpc) is 2.64. The van der Waals surface area contributed by atoms with Gasteiger partial charge in [-0.05, 0) is 38.1 Å². The molecule has 134 valence electrons. The van der Waals surface area contributed by atoms with E-state index in [0.29, 0.717) is 23.7 Å². The third kappa shape index (κ3) is 3.74. The van der Waals surface area contributed by atoms with Crippen molar-refractivity contribution in [1.82, 2.24) is 9.55 Å². The number of anilines is 1. The summed E-state index contributed by atoms with van der Waals surface area (Å²) in [4.78, 5) is 29.1. The molecule has 1 N–H and O–H groups in total. The SMILES string of the molecule is CCOc1ccccc1NC(=O)CCn1c(=O)c(C)nc2ccccc21. The summed E-state index contributed by atoms with van der Waals surface area (Å²) in [6.07, 6.45) is 0.174. The van der Waals surface area contributed by atoms with Crippen LogP contribution in [0.1, 0.15) is 19.0 Å². The number of rotatable bonds is 6. The third-order valence-corrected chi connectivity index (χ3v) is 4.04. The molecule has 0 atom stereocenters. The first kappa shape index (κ1) is 17.7. The van der Waals surface area contributed by atoms with E-state index in [9.17, 15) is 9.59 Å². The van der Waals surface area contributed by atoms with E-state index in [1.165, 1.54) is 0 Å². The largest absolute Gasteiger partial charge is 0.492 e. The van der Waals surface area contributed by atoms with Gasteiger partial charge >= 0.3 is 0 Å². The highest BCUT2D eigenvalue weighted by atomic mass is 16.5. The van der Waals surface area contributed by atoms with Crippen molar-refractivity contribution >= 4 is 22.6 Å². The van der Waals surface area contributed by atoms with E-state index >= 15 is 0 Å². The first-order valence-corrected chi connectivity index (χ1v) is 8.58. The number of hydrogen-bond acceptors (Lipinski definition) is 4. The summed E-state index contributed by atoms with van der Waals surface area (Å²) in [6.45, 7) is 4.38. The molecular weight excluding hydrogens is 330 g/mol. The molecule has 1 heterocycles. The maximum Gasteiger partial charge on any atom is 0.272 e. The van der Waals surface area contributed by atoms with E-state index in [1.807, 2.05) is 49.4 Å². The molecule has 0 unspecified atom stereocenters. The molecule has 0 saturated carbocycles. The van der Waals surface area contributed by atoms with Crippen molar-refractivity contribution in [3.63, 3.8) is 0 Å².